The van der Waals surface area contributed by atoms with Gasteiger partial charge in [0, 0.05) is 36.8 Å². The van der Waals surface area contributed by atoms with Crippen LogP contribution in [0.2, 0.25) is 0 Å². The minimum atomic E-state index is -0.516. The lowest BCUT2D eigenvalue weighted by molar-refractivity contribution is 0.0225. The van der Waals surface area contributed by atoms with Crippen LogP contribution in [0.5, 0.6) is 5.75 Å². The van der Waals surface area contributed by atoms with Gasteiger partial charge in [-0.1, -0.05) is 37.3 Å². The molecule has 144 valence electrons. The average Bonchev–Trinajstić information content (AvgIpc) is 3.03. The Morgan fingerprint density at radius 1 is 0.964 bits per heavy atom. The molecular formula is C25H27NO2. The second-order valence-corrected chi connectivity index (χ2v) is 8.03. The minimum absolute atomic E-state index is 0.327. The van der Waals surface area contributed by atoms with Gasteiger partial charge in [0.2, 0.25) is 0 Å². The predicted octanol–water partition coefficient (Wildman–Crippen LogP) is 5.82. The van der Waals surface area contributed by atoms with E-state index in [9.17, 15) is 5.11 Å². The van der Waals surface area contributed by atoms with E-state index in [4.69, 9.17) is 4.74 Å². The largest absolute Gasteiger partial charge is 0.507 e. The molecule has 2 aliphatic rings. The second-order valence-electron chi connectivity index (χ2n) is 8.03. The van der Waals surface area contributed by atoms with Gasteiger partial charge >= 0.3 is 0 Å². The Balaban J connectivity index is 1.78. The SMILES string of the molecule is CCC1(OC)c2cc(N3CCCCC3)ccc2-c2c1cc(O)c1ccccc21. The summed E-state index contributed by atoms with van der Waals surface area (Å²) in [7, 11) is 1.79. The molecule has 28 heavy (non-hydrogen) atoms. The first-order chi connectivity index (χ1) is 13.7. The summed E-state index contributed by atoms with van der Waals surface area (Å²) in [5, 5.41) is 12.7. The smallest absolute Gasteiger partial charge is 0.123 e. The van der Waals surface area contributed by atoms with Gasteiger partial charge in [0.05, 0.1) is 0 Å². The van der Waals surface area contributed by atoms with Gasteiger partial charge in [0.15, 0.2) is 0 Å². The predicted molar refractivity (Wildman–Crippen MR) is 115 cm³/mol. The molecule has 5 rings (SSSR count). The Morgan fingerprint density at radius 3 is 2.43 bits per heavy atom. The third-order valence-corrected chi connectivity index (χ3v) is 6.73. The molecule has 3 aromatic rings. The van der Waals surface area contributed by atoms with E-state index in [1.54, 1.807) is 7.11 Å². The van der Waals surface area contributed by atoms with Crippen LogP contribution in [0.1, 0.15) is 43.7 Å². The molecule has 1 atom stereocenters. The molecule has 3 aromatic carbocycles. The third kappa shape index (κ3) is 2.32. The zero-order valence-corrected chi connectivity index (χ0v) is 16.7. The third-order valence-electron chi connectivity index (χ3n) is 6.73. The van der Waals surface area contributed by atoms with Crippen LogP contribution >= 0.6 is 0 Å². The maximum absolute atomic E-state index is 10.7. The van der Waals surface area contributed by atoms with Gasteiger partial charge in [-0.15, -0.1) is 0 Å². The monoisotopic (exact) mass is 373 g/mol. The first-order valence-electron chi connectivity index (χ1n) is 10.4. The van der Waals surface area contributed by atoms with E-state index >= 15 is 0 Å². The number of anilines is 1. The van der Waals surface area contributed by atoms with Gasteiger partial charge in [-0.2, -0.15) is 0 Å². The number of piperidine rings is 1. The van der Waals surface area contributed by atoms with Crippen LogP contribution in [0.15, 0.2) is 48.5 Å². The summed E-state index contributed by atoms with van der Waals surface area (Å²) in [4.78, 5) is 2.50. The highest BCUT2D eigenvalue weighted by Gasteiger charge is 2.44. The van der Waals surface area contributed by atoms with Crippen molar-refractivity contribution in [3.63, 3.8) is 0 Å². The number of fused-ring (bicyclic) bond motifs is 5. The van der Waals surface area contributed by atoms with Gasteiger partial charge < -0.3 is 14.7 Å². The van der Waals surface area contributed by atoms with Crippen molar-refractivity contribution in [1.82, 2.24) is 0 Å². The molecular weight excluding hydrogens is 346 g/mol. The minimum Gasteiger partial charge on any atom is -0.507 e. The van der Waals surface area contributed by atoms with Crippen LogP contribution in [0.4, 0.5) is 5.69 Å². The number of ether oxygens (including phenoxy) is 1. The molecule has 1 fully saturated rings. The molecule has 0 saturated carbocycles. The Morgan fingerprint density at radius 2 is 1.71 bits per heavy atom. The molecule has 1 saturated heterocycles. The quantitative estimate of drug-likeness (QED) is 0.628. The maximum Gasteiger partial charge on any atom is 0.123 e. The topological polar surface area (TPSA) is 32.7 Å². The number of phenols is 1. The van der Waals surface area contributed by atoms with Gasteiger partial charge in [0.25, 0.3) is 0 Å². The van der Waals surface area contributed by atoms with Crippen molar-refractivity contribution in [1.29, 1.82) is 0 Å². The standard InChI is InChI=1S/C25H27NO2/c1-3-25(28-2)21-15-17(26-13-7-4-8-14-26)11-12-20(21)24-19-10-6-5-9-18(19)23(27)16-22(24)25/h5-6,9-12,15-16,27H,3-4,7-8,13-14H2,1-2H3. The molecule has 0 aromatic heterocycles. The molecule has 3 heteroatoms. The Kier molecular flexibility index (Phi) is 4.09. The molecule has 1 heterocycles. The fraction of sp³-hybridized carbons (Fsp3) is 0.360. The number of hydrogen-bond donors (Lipinski definition) is 1. The van der Waals surface area contributed by atoms with Crippen molar-refractivity contribution in [3.05, 3.63) is 59.7 Å². The fourth-order valence-electron chi connectivity index (χ4n) is 5.29. The van der Waals surface area contributed by atoms with Crippen LogP contribution < -0.4 is 4.90 Å². The van der Waals surface area contributed by atoms with E-state index in [0.717, 1.165) is 35.8 Å². The number of methoxy groups -OCH3 is 1. The number of benzene rings is 3. The van der Waals surface area contributed by atoms with Crippen molar-refractivity contribution in [2.45, 2.75) is 38.2 Å². The van der Waals surface area contributed by atoms with E-state index < -0.39 is 5.60 Å². The van der Waals surface area contributed by atoms with Crippen LogP contribution in [0, 0.1) is 0 Å². The summed E-state index contributed by atoms with van der Waals surface area (Å²) in [6.45, 7) is 4.42. The maximum atomic E-state index is 10.7. The van der Waals surface area contributed by atoms with Gasteiger partial charge in [-0.25, -0.2) is 0 Å². The molecule has 1 unspecified atom stereocenters. The van der Waals surface area contributed by atoms with Crippen LogP contribution in [0.25, 0.3) is 21.9 Å². The number of aromatic hydroxyl groups is 1. The summed E-state index contributed by atoms with van der Waals surface area (Å²) in [6, 6.07) is 16.9. The Bertz CT molecular complexity index is 1050. The number of nitrogens with zero attached hydrogens (tertiary/aromatic N) is 1. The first-order valence-corrected chi connectivity index (χ1v) is 10.4. The van der Waals surface area contributed by atoms with Crippen molar-refractivity contribution in [3.8, 4) is 16.9 Å². The first kappa shape index (κ1) is 17.6. The molecule has 1 aliphatic heterocycles. The zero-order chi connectivity index (χ0) is 19.3. The highest BCUT2D eigenvalue weighted by Crippen LogP contribution is 2.55. The van der Waals surface area contributed by atoms with Gasteiger partial charge in [-0.05, 0) is 66.0 Å². The summed E-state index contributed by atoms with van der Waals surface area (Å²) in [6.07, 6.45) is 4.68. The van der Waals surface area contributed by atoms with E-state index in [-0.39, 0.29) is 0 Å². The summed E-state index contributed by atoms with van der Waals surface area (Å²) < 4.78 is 6.22. The highest BCUT2D eigenvalue weighted by atomic mass is 16.5. The van der Waals surface area contributed by atoms with Crippen LogP contribution in [-0.2, 0) is 10.3 Å². The molecule has 0 spiro atoms. The number of hydrogen-bond acceptors (Lipinski definition) is 3. The fourth-order valence-corrected chi connectivity index (χ4v) is 5.29. The van der Waals surface area contributed by atoms with Crippen molar-refractivity contribution < 1.29 is 9.84 Å². The van der Waals surface area contributed by atoms with Crippen molar-refractivity contribution >= 4 is 16.5 Å². The molecule has 0 bridgehead atoms. The Labute approximate surface area is 166 Å². The average molecular weight is 373 g/mol. The summed E-state index contributed by atoms with van der Waals surface area (Å²) in [5.41, 5.74) is 5.52. The lowest BCUT2D eigenvalue weighted by Gasteiger charge is -2.32. The van der Waals surface area contributed by atoms with Gasteiger partial charge in [0.1, 0.15) is 11.4 Å². The Hall–Kier alpha value is -2.52. The number of phenolic OH excluding ortho intramolecular Hbond substituents is 1. The molecule has 0 radical (unpaired) electrons. The molecule has 0 amide bonds. The van der Waals surface area contributed by atoms with E-state index in [0.29, 0.717) is 5.75 Å². The zero-order valence-electron chi connectivity index (χ0n) is 16.7. The van der Waals surface area contributed by atoms with E-state index in [1.807, 2.05) is 24.3 Å². The van der Waals surface area contributed by atoms with Crippen molar-refractivity contribution in [2.75, 3.05) is 25.1 Å². The summed E-state index contributed by atoms with van der Waals surface area (Å²) in [5.74, 6) is 0.327. The lowest BCUT2D eigenvalue weighted by atomic mass is 9.87. The molecule has 1 N–H and O–H groups in total. The molecule has 3 nitrogen and oxygen atoms in total. The van der Waals surface area contributed by atoms with Crippen molar-refractivity contribution in [2.24, 2.45) is 0 Å². The second kappa shape index (κ2) is 6.52. The van der Waals surface area contributed by atoms with Gasteiger partial charge in [-0.3, -0.25) is 0 Å². The summed E-state index contributed by atoms with van der Waals surface area (Å²) >= 11 is 0. The number of rotatable bonds is 3. The van der Waals surface area contributed by atoms with Crippen LogP contribution in [-0.4, -0.2) is 25.3 Å². The highest BCUT2D eigenvalue weighted by molar-refractivity contribution is 6.05. The van der Waals surface area contributed by atoms with Crippen LogP contribution in [0.3, 0.4) is 0 Å². The lowest BCUT2D eigenvalue weighted by Crippen LogP contribution is -2.30. The molecule has 1 aliphatic carbocycles. The van der Waals surface area contributed by atoms with E-state index in [2.05, 4.69) is 36.1 Å². The normalized spacial score (nSPS) is 21.0. The van der Waals surface area contributed by atoms with E-state index in [1.165, 1.54) is 41.6 Å².